The van der Waals surface area contributed by atoms with Gasteiger partial charge in [0.2, 0.25) is 5.91 Å². The number of nitrogens with two attached hydrogens (primary N) is 1. The molecule has 0 unspecified atom stereocenters. The molecule has 0 heterocycles. The molecular weight excluding hydrogens is 236 g/mol. The summed E-state index contributed by atoms with van der Waals surface area (Å²) in [5.41, 5.74) is 7.11. The van der Waals surface area contributed by atoms with E-state index in [2.05, 4.69) is 0 Å². The minimum atomic E-state index is 0.0534. The average Bonchev–Trinajstić information content (AvgIpc) is 2.34. The first kappa shape index (κ1) is 13.9. The van der Waals surface area contributed by atoms with Crippen LogP contribution in [0.5, 0.6) is 0 Å². The fourth-order valence-electron chi connectivity index (χ4n) is 1.26. The molecule has 0 saturated carbocycles. The second-order valence-electron chi connectivity index (χ2n) is 3.67. The number of carbonyl (C=O) groups is 1. The van der Waals surface area contributed by atoms with E-state index < -0.39 is 0 Å². The van der Waals surface area contributed by atoms with E-state index in [9.17, 15) is 4.79 Å². The molecular formula is C12H18N2O2S. The highest BCUT2D eigenvalue weighted by Crippen LogP contribution is 2.16. The molecule has 3 N–H and O–H groups in total. The van der Waals surface area contributed by atoms with E-state index in [4.69, 9.17) is 10.8 Å². The van der Waals surface area contributed by atoms with Crippen LogP contribution in [0.15, 0.2) is 24.3 Å². The van der Waals surface area contributed by atoms with Gasteiger partial charge in [0.1, 0.15) is 0 Å². The number of benzene rings is 1. The van der Waals surface area contributed by atoms with Crippen molar-refractivity contribution >= 4 is 29.0 Å². The molecule has 0 aromatic heterocycles. The third kappa shape index (κ3) is 4.66. The van der Waals surface area contributed by atoms with Crippen molar-refractivity contribution in [3.63, 3.8) is 0 Å². The third-order valence-corrected chi connectivity index (χ3v) is 3.36. The zero-order valence-corrected chi connectivity index (χ0v) is 10.7. The van der Waals surface area contributed by atoms with E-state index >= 15 is 0 Å². The van der Waals surface area contributed by atoms with Gasteiger partial charge in [-0.05, 0) is 36.4 Å². The van der Waals surface area contributed by atoms with Gasteiger partial charge in [0.25, 0.3) is 0 Å². The number of aliphatic hydroxyl groups is 1. The molecule has 94 valence electrons. The van der Waals surface area contributed by atoms with Gasteiger partial charge in [0.15, 0.2) is 0 Å². The number of nitrogens with zero attached hydrogens (tertiary/aromatic N) is 1. The van der Waals surface area contributed by atoms with Gasteiger partial charge in [0.05, 0.1) is 5.75 Å². The predicted molar refractivity (Wildman–Crippen MR) is 73.3 cm³/mol. The van der Waals surface area contributed by atoms with Gasteiger partial charge in [-0.25, -0.2) is 0 Å². The van der Waals surface area contributed by atoms with Crippen LogP contribution in [-0.4, -0.2) is 36.2 Å². The number of hydrogen-bond acceptors (Lipinski definition) is 4. The number of aliphatic hydroxyl groups excluding tert-OH is 1. The van der Waals surface area contributed by atoms with Crippen molar-refractivity contribution in [2.75, 3.05) is 35.8 Å². The number of thioether (sulfide) groups is 1. The van der Waals surface area contributed by atoms with Crippen molar-refractivity contribution in [3.8, 4) is 0 Å². The minimum absolute atomic E-state index is 0.0534. The highest BCUT2D eigenvalue weighted by atomic mass is 32.2. The summed E-state index contributed by atoms with van der Waals surface area (Å²) < 4.78 is 0. The van der Waals surface area contributed by atoms with E-state index in [1.165, 1.54) is 11.8 Å². The summed E-state index contributed by atoms with van der Waals surface area (Å²) in [5, 5.41) is 8.62. The van der Waals surface area contributed by atoms with Gasteiger partial charge in [-0.2, -0.15) is 11.8 Å². The lowest BCUT2D eigenvalue weighted by atomic mass is 10.2. The van der Waals surface area contributed by atoms with E-state index in [1.54, 1.807) is 24.1 Å². The Balaban J connectivity index is 2.43. The van der Waals surface area contributed by atoms with Crippen LogP contribution in [0.25, 0.3) is 0 Å². The molecule has 0 radical (unpaired) electrons. The van der Waals surface area contributed by atoms with Gasteiger partial charge in [0, 0.05) is 25.0 Å². The molecule has 0 aliphatic carbocycles. The van der Waals surface area contributed by atoms with Gasteiger partial charge in [-0.3, -0.25) is 4.79 Å². The van der Waals surface area contributed by atoms with Crippen molar-refractivity contribution in [2.45, 2.75) is 6.42 Å². The molecule has 1 rings (SSSR count). The summed E-state index contributed by atoms with van der Waals surface area (Å²) in [5.74, 6) is 1.29. The zero-order valence-electron chi connectivity index (χ0n) is 9.93. The second kappa shape index (κ2) is 7.19. The molecule has 17 heavy (non-hydrogen) atoms. The highest BCUT2D eigenvalue weighted by Gasteiger charge is 2.10. The highest BCUT2D eigenvalue weighted by molar-refractivity contribution is 7.99. The Hall–Kier alpha value is -1.20. The summed E-state index contributed by atoms with van der Waals surface area (Å²) in [6.07, 6.45) is 0.726. The number of rotatable bonds is 6. The second-order valence-corrected chi connectivity index (χ2v) is 4.78. The molecule has 0 atom stereocenters. The topological polar surface area (TPSA) is 66.6 Å². The van der Waals surface area contributed by atoms with Crippen LogP contribution in [0.4, 0.5) is 11.4 Å². The van der Waals surface area contributed by atoms with Gasteiger partial charge in [-0.1, -0.05) is 0 Å². The maximum Gasteiger partial charge on any atom is 0.236 e. The molecule has 1 amide bonds. The van der Waals surface area contributed by atoms with Crippen LogP contribution in [0.2, 0.25) is 0 Å². The van der Waals surface area contributed by atoms with E-state index in [0.717, 1.165) is 17.9 Å². The maximum atomic E-state index is 11.8. The smallest absolute Gasteiger partial charge is 0.236 e. The molecule has 4 nitrogen and oxygen atoms in total. The number of amides is 1. The zero-order chi connectivity index (χ0) is 12.7. The summed E-state index contributed by atoms with van der Waals surface area (Å²) >= 11 is 1.54. The van der Waals surface area contributed by atoms with Crippen LogP contribution in [0, 0.1) is 0 Å². The molecule has 0 fully saturated rings. The summed E-state index contributed by atoms with van der Waals surface area (Å²) in [6, 6.07) is 7.20. The number of carbonyl (C=O) groups excluding carboxylic acids is 1. The third-order valence-electron chi connectivity index (χ3n) is 2.33. The van der Waals surface area contributed by atoms with Crippen molar-refractivity contribution < 1.29 is 9.90 Å². The largest absolute Gasteiger partial charge is 0.399 e. The van der Waals surface area contributed by atoms with Crippen LogP contribution in [-0.2, 0) is 4.79 Å². The lowest BCUT2D eigenvalue weighted by Crippen LogP contribution is -2.28. The summed E-state index contributed by atoms with van der Waals surface area (Å²) in [4.78, 5) is 13.4. The fourth-order valence-corrected chi connectivity index (χ4v) is 2.11. The Labute approximate surface area is 106 Å². The SMILES string of the molecule is CN(C(=O)CSCCCO)c1ccc(N)cc1. The number of hydrogen-bond donors (Lipinski definition) is 2. The first-order valence-corrected chi connectivity index (χ1v) is 6.61. The van der Waals surface area contributed by atoms with Crippen molar-refractivity contribution in [1.82, 2.24) is 0 Å². The number of anilines is 2. The Bertz CT molecular complexity index is 354. The van der Waals surface area contributed by atoms with Crippen LogP contribution < -0.4 is 10.6 Å². The normalized spacial score (nSPS) is 10.2. The Morgan fingerprint density at radius 1 is 1.41 bits per heavy atom. The van der Waals surface area contributed by atoms with Gasteiger partial charge < -0.3 is 15.7 Å². The van der Waals surface area contributed by atoms with E-state index in [-0.39, 0.29) is 12.5 Å². The Morgan fingerprint density at radius 3 is 2.65 bits per heavy atom. The molecule has 0 aliphatic heterocycles. The predicted octanol–water partition coefficient (Wildman–Crippen LogP) is 1.35. The molecule has 5 heteroatoms. The standard InChI is InChI=1S/C12H18N2O2S/c1-14(11-5-3-10(13)4-6-11)12(16)9-17-8-2-7-15/h3-6,15H,2,7-9,13H2,1H3. The van der Waals surface area contributed by atoms with Crippen LogP contribution >= 0.6 is 11.8 Å². The first-order valence-electron chi connectivity index (χ1n) is 5.46. The van der Waals surface area contributed by atoms with Gasteiger partial charge >= 0.3 is 0 Å². The first-order chi connectivity index (χ1) is 8.15. The molecule has 1 aromatic carbocycles. The van der Waals surface area contributed by atoms with E-state index in [1.807, 2.05) is 12.1 Å². The summed E-state index contributed by atoms with van der Waals surface area (Å²) in [6.45, 7) is 0.176. The van der Waals surface area contributed by atoms with Crippen LogP contribution in [0.1, 0.15) is 6.42 Å². The van der Waals surface area contributed by atoms with E-state index in [0.29, 0.717) is 11.4 Å². The minimum Gasteiger partial charge on any atom is -0.399 e. The van der Waals surface area contributed by atoms with Crippen molar-refractivity contribution in [2.24, 2.45) is 0 Å². The maximum absolute atomic E-state index is 11.8. The van der Waals surface area contributed by atoms with Crippen molar-refractivity contribution in [3.05, 3.63) is 24.3 Å². The van der Waals surface area contributed by atoms with Crippen LogP contribution in [0.3, 0.4) is 0 Å². The lowest BCUT2D eigenvalue weighted by Gasteiger charge is -2.17. The Morgan fingerprint density at radius 2 is 2.06 bits per heavy atom. The fraction of sp³-hybridized carbons (Fsp3) is 0.417. The molecule has 0 saturated heterocycles. The molecule has 1 aromatic rings. The quantitative estimate of drug-likeness (QED) is 0.594. The number of nitrogen functional groups attached to an aromatic ring is 1. The Kier molecular flexibility index (Phi) is 5.86. The molecule has 0 bridgehead atoms. The lowest BCUT2D eigenvalue weighted by molar-refractivity contribution is -0.115. The average molecular weight is 254 g/mol. The molecule has 0 spiro atoms. The summed E-state index contributed by atoms with van der Waals surface area (Å²) in [7, 11) is 1.75. The molecule has 0 aliphatic rings. The monoisotopic (exact) mass is 254 g/mol. The van der Waals surface area contributed by atoms with Crippen molar-refractivity contribution in [1.29, 1.82) is 0 Å². The van der Waals surface area contributed by atoms with Gasteiger partial charge in [-0.15, -0.1) is 0 Å².